The number of hydrogen-bond acceptors (Lipinski definition) is 4. The van der Waals surface area contributed by atoms with Gasteiger partial charge in [0.25, 0.3) is 5.91 Å². The maximum Gasteiger partial charge on any atom is 0.270 e. The lowest BCUT2D eigenvalue weighted by molar-refractivity contribution is 0.0947. The second-order valence-corrected chi connectivity index (χ2v) is 5.19. The largest absolute Gasteiger partial charge is 0.351 e. The maximum atomic E-state index is 11.7. The quantitative estimate of drug-likeness (QED) is 0.827. The van der Waals surface area contributed by atoms with E-state index in [2.05, 4.69) is 24.1 Å². The van der Waals surface area contributed by atoms with Crippen molar-refractivity contribution >= 4 is 17.2 Å². The van der Waals surface area contributed by atoms with Crippen LogP contribution >= 0.6 is 11.3 Å². The van der Waals surface area contributed by atoms with E-state index in [0.717, 1.165) is 11.4 Å². The fourth-order valence-electron chi connectivity index (χ4n) is 1.17. The first-order valence-corrected chi connectivity index (χ1v) is 6.38. The number of nitrogens with two attached hydrogens (primary N) is 1. The van der Waals surface area contributed by atoms with Gasteiger partial charge in [0.1, 0.15) is 10.7 Å². The molecule has 90 valence electrons. The SMILES string of the molecule is CC(C)CCNC(=O)c1csc(C(C)N)n1. The van der Waals surface area contributed by atoms with E-state index in [9.17, 15) is 4.79 Å². The van der Waals surface area contributed by atoms with Gasteiger partial charge in [-0.15, -0.1) is 11.3 Å². The van der Waals surface area contributed by atoms with Gasteiger partial charge in [0.15, 0.2) is 0 Å². The number of aromatic nitrogens is 1. The van der Waals surface area contributed by atoms with E-state index in [1.165, 1.54) is 11.3 Å². The van der Waals surface area contributed by atoms with Crippen LogP contribution in [0.5, 0.6) is 0 Å². The molecule has 0 bridgehead atoms. The smallest absolute Gasteiger partial charge is 0.270 e. The summed E-state index contributed by atoms with van der Waals surface area (Å²) in [6, 6.07) is -0.109. The number of nitrogens with zero attached hydrogens (tertiary/aromatic N) is 1. The third kappa shape index (κ3) is 3.90. The Morgan fingerprint density at radius 3 is 2.75 bits per heavy atom. The molecule has 4 nitrogen and oxygen atoms in total. The second-order valence-electron chi connectivity index (χ2n) is 4.30. The number of thiazole rings is 1. The zero-order chi connectivity index (χ0) is 12.1. The van der Waals surface area contributed by atoms with Gasteiger partial charge in [0.2, 0.25) is 0 Å². The number of rotatable bonds is 5. The number of nitrogens with one attached hydrogen (secondary N) is 1. The molecule has 1 aromatic heterocycles. The van der Waals surface area contributed by atoms with Crippen molar-refractivity contribution in [2.24, 2.45) is 11.7 Å². The van der Waals surface area contributed by atoms with E-state index in [-0.39, 0.29) is 11.9 Å². The van der Waals surface area contributed by atoms with Crippen LogP contribution in [0.4, 0.5) is 0 Å². The number of carbonyl (C=O) groups is 1. The van der Waals surface area contributed by atoms with Crippen molar-refractivity contribution in [1.29, 1.82) is 0 Å². The summed E-state index contributed by atoms with van der Waals surface area (Å²) in [6.45, 7) is 6.81. The summed E-state index contributed by atoms with van der Waals surface area (Å²) in [6.07, 6.45) is 0.982. The number of hydrogen-bond donors (Lipinski definition) is 2. The Kier molecular flexibility index (Phi) is 4.89. The molecule has 5 heteroatoms. The van der Waals surface area contributed by atoms with Crippen LogP contribution in [-0.4, -0.2) is 17.4 Å². The van der Waals surface area contributed by atoms with E-state index in [1.807, 2.05) is 6.92 Å². The summed E-state index contributed by atoms with van der Waals surface area (Å²) in [7, 11) is 0. The topological polar surface area (TPSA) is 68.0 Å². The van der Waals surface area contributed by atoms with Crippen molar-refractivity contribution in [2.75, 3.05) is 6.54 Å². The summed E-state index contributed by atoms with van der Waals surface area (Å²) in [5.41, 5.74) is 6.16. The molecule has 0 aliphatic carbocycles. The van der Waals surface area contributed by atoms with E-state index in [4.69, 9.17) is 5.73 Å². The molecule has 0 saturated carbocycles. The molecule has 0 aliphatic rings. The molecular formula is C11H19N3OS. The minimum absolute atomic E-state index is 0.108. The lowest BCUT2D eigenvalue weighted by Gasteiger charge is -2.05. The monoisotopic (exact) mass is 241 g/mol. The van der Waals surface area contributed by atoms with Crippen molar-refractivity contribution in [2.45, 2.75) is 33.2 Å². The molecule has 3 N–H and O–H groups in total. The van der Waals surface area contributed by atoms with Gasteiger partial charge in [-0.25, -0.2) is 4.98 Å². The highest BCUT2D eigenvalue weighted by Gasteiger charge is 2.12. The molecule has 0 aromatic carbocycles. The Hall–Kier alpha value is -0.940. The van der Waals surface area contributed by atoms with Crippen LogP contribution < -0.4 is 11.1 Å². The van der Waals surface area contributed by atoms with E-state index >= 15 is 0 Å². The van der Waals surface area contributed by atoms with Crippen LogP contribution in [0, 0.1) is 5.92 Å². The van der Waals surface area contributed by atoms with Crippen LogP contribution in [-0.2, 0) is 0 Å². The third-order valence-electron chi connectivity index (χ3n) is 2.15. The van der Waals surface area contributed by atoms with Crippen LogP contribution in [0.1, 0.15) is 48.7 Å². The predicted molar refractivity (Wildman–Crippen MR) is 66.5 cm³/mol. The molecular weight excluding hydrogens is 222 g/mol. The van der Waals surface area contributed by atoms with Crippen molar-refractivity contribution in [3.63, 3.8) is 0 Å². The molecule has 1 unspecified atom stereocenters. The summed E-state index contributed by atoms with van der Waals surface area (Å²) < 4.78 is 0. The van der Waals surface area contributed by atoms with Crippen LogP contribution in [0.25, 0.3) is 0 Å². The normalized spacial score (nSPS) is 12.8. The molecule has 1 aromatic rings. The number of carbonyl (C=O) groups excluding carboxylic acids is 1. The van der Waals surface area contributed by atoms with Gasteiger partial charge in [-0.1, -0.05) is 13.8 Å². The van der Waals surface area contributed by atoms with E-state index < -0.39 is 0 Å². The van der Waals surface area contributed by atoms with Gasteiger partial charge >= 0.3 is 0 Å². The molecule has 0 spiro atoms. The minimum atomic E-state index is -0.109. The summed E-state index contributed by atoms with van der Waals surface area (Å²) >= 11 is 1.43. The van der Waals surface area contributed by atoms with Gasteiger partial charge in [-0.3, -0.25) is 4.79 Å². The Labute approximate surface area is 100 Å². The molecule has 1 amide bonds. The van der Waals surface area contributed by atoms with E-state index in [0.29, 0.717) is 18.2 Å². The van der Waals surface area contributed by atoms with Gasteiger partial charge < -0.3 is 11.1 Å². The molecule has 0 fully saturated rings. The van der Waals surface area contributed by atoms with Crippen molar-refractivity contribution in [1.82, 2.24) is 10.3 Å². The lowest BCUT2D eigenvalue weighted by atomic mass is 10.1. The predicted octanol–water partition coefficient (Wildman–Crippen LogP) is 1.94. The van der Waals surface area contributed by atoms with E-state index in [1.54, 1.807) is 5.38 Å². The molecule has 0 aliphatic heterocycles. The lowest BCUT2D eigenvalue weighted by Crippen LogP contribution is -2.25. The van der Waals surface area contributed by atoms with Gasteiger partial charge in [-0.2, -0.15) is 0 Å². The molecule has 16 heavy (non-hydrogen) atoms. The molecule has 1 heterocycles. The highest BCUT2D eigenvalue weighted by molar-refractivity contribution is 7.09. The second kappa shape index (κ2) is 5.96. The van der Waals surface area contributed by atoms with Crippen molar-refractivity contribution < 1.29 is 4.79 Å². The first kappa shape index (κ1) is 13.1. The first-order chi connectivity index (χ1) is 7.50. The van der Waals surface area contributed by atoms with Crippen LogP contribution in [0.15, 0.2) is 5.38 Å². The highest BCUT2D eigenvalue weighted by atomic mass is 32.1. The van der Waals surface area contributed by atoms with Crippen LogP contribution in [0.3, 0.4) is 0 Å². The Bertz CT molecular complexity index is 347. The molecule has 0 saturated heterocycles. The van der Waals surface area contributed by atoms with Crippen molar-refractivity contribution in [3.8, 4) is 0 Å². The van der Waals surface area contributed by atoms with Crippen molar-refractivity contribution in [3.05, 3.63) is 16.1 Å². The summed E-state index contributed by atoms with van der Waals surface area (Å²) in [5, 5.41) is 5.40. The molecule has 1 rings (SSSR count). The average molecular weight is 241 g/mol. The summed E-state index contributed by atoms with van der Waals surface area (Å²) in [5.74, 6) is 0.485. The van der Waals surface area contributed by atoms with Gasteiger partial charge in [0, 0.05) is 11.9 Å². The Morgan fingerprint density at radius 1 is 1.56 bits per heavy atom. The van der Waals surface area contributed by atoms with Gasteiger partial charge in [-0.05, 0) is 19.3 Å². The Morgan fingerprint density at radius 2 is 2.25 bits per heavy atom. The summed E-state index contributed by atoms with van der Waals surface area (Å²) in [4.78, 5) is 15.8. The van der Waals surface area contributed by atoms with Crippen LogP contribution in [0.2, 0.25) is 0 Å². The molecule has 1 atom stereocenters. The fourth-order valence-corrected chi connectivity index (χ4v) is 1.92. The molecule has 0 radical (unpaired) electrons. The zero-order valence-corrected chi connectivity index (χ0v) is 10.8. The Balaban J connectivity index is 2.46. The third-order valence-corrected chi connectivity index (χ3v) is 3.20. The number of amides is 1. The maximum absolute atomic E-state index is 11.7. The zero-order valence-electron chi connectivity index (χ0n) is 9.99. The minimum Gasteiger partial charge on any atom is -0.351 e. The average Bonchev–Trinajstić information content (AvgIpc) is 2.65. The standard InChI is InChI=1S/C11H19N3OS/c1-7(2)4-5-13-10(15)9-6-16-11(14-9)8(3)12/h6-8H,4-5,12H2,1-3H3,(H,13,15). The first-order valence-electron chi connectivity index (χ1n) is 5.50. The van der Waals surface area contributed by atoms with Gasteiger partial charge in [0.05, 0.1) is 6.04 Å². The fraction of sp³-hybridized carbons (Fsp3) is 0.636. The highest BCUT2D eigenvalue weighted by Crippen LogP contribution is 2.15.